The van der Waals surface area contributed by atoms with E-state index in [1.54, 1.807) is 0 Å². The van der Waals surface area contributed by atoms with E-state index >= 15 is 0 Å². The molecule has 0 fully saturated rings. The number of hydrogen-bond acceptors (Lipinski definition) is 7. The van der Waals surface area contributed by atoms with Crippen LogP contribution in [0, 0.1) is 0 Å². The molecule has 3 N–H and O–H groups in total. The number of fused-ring (bicyclic) bond motifs is 1. The Morgan fingerprint density at radius 2 is 1.96 bits per heavy atom. The van der Waals surface area contributed by atoms with Gasteiger partial charge in [-0.2, -0.15) is 0 Å². The molecule has 122 valence electrons. The first-order chi connectivity index (χ1) is 11.2. The maximum Gasteiger partial charge on any atom is 0.231 e. The Bertz CT molecular complexity index is 688. The lowest BCUT2D eigenvalue weighted by Gasteiger charge is -2.22. The van der Waals surface area contributed by atoms with Gasteiger partial charge in [0.05, 0.1) is 0 Å². The fraction of sp³-hybridized carbons (Fsp3) is 0.375. The maximum atomic E-state index is 6.22. The summed E-state index contributed by atoms with van der Waals surface area (Å²) >= 11 is 0. The monoisotopic (exact) mass is 315 g/mol. The van der Waals surface area contributed by atoms with Crippen LogP contribution in [0.15, 0.2) is 24.5 Å². The van der Waals surface area contributed by atoms with Crippen molar-refractivity contribution >= 4 is 17.3 Å². The second-order valence-corrected chi connectivity index (χ2v) is 5.17. The van der Waals surface area contributed by atoms with E-state index in [1.807, 2.05) is 18.2 Å². The van der Waals surface area contributed by atoms with E-state index in [-0.39, 0.29) is 6.79 Å². The lowest BCUT2D eigenvalue weighted by molar-refractivity contribution is 0.174. The summed E-state index contributed by atoms with van der Waals surface area (Å²) in [7, 11) is 0. The van der Waals surface area contributed by atoms with E-state index < -0.39 is 0 Å². The van der Waals surface area contributed by atoms with Crippen molar-refractivity contribution in [3.05, 3.63) is 30.1 Å². The molecule has 0 unspecified atom stereocenters. The molecule has 2 heterocycles. The van der Waals surface area contributed by atoms with Crippen LogP contribution in [0.4, 0.5) is 17.3 Å². The molecule has 7 heteroatoms. The van der Waals surface area contributed by atoms with Gasteiger partial charge in [0.2, 0.25) is 6.79 Å². The summed E-state index contributed by atoms with van der Waals surface area (Å²) in [5, 5.41) is 3.26. The highest BCUT2D eigenvalue weighted by Crippen LogP contribution is 2.33. The standard InChI is InChI=1S/C16H21N5O2/c1-3-21(4-2)16-14(17)15(19-9-20-16)18-8-11-5-6-12-13(7-11)23-10-22-12/h5-7,9H,3-4,8,10,17H2,1-2H3,(H,18,19,20). The van der Waals surface area contributed by atoms with E-state index in [1.165, 1.54) is 6.33 Å². The molecule has 0 bridgehead atoms. The Morgan fingerprint density at radius 1 is 1.17 bits per heavy atom. The summed E-state index contributed by atoms with van der Waals surface area (Å²) in [5.74, 6) is 2.95. The molecule has 1 aromatic carbocycles. The second kappa shape index (κ2) is 6.60. The molecule has 0 atom stereocenters. The number of hydrogen-bond donors (Lipinski definition) is 2. The Morgan fingerprint density at radius 3 is 2.74 bits per heavy atom. The highest BCUT2D eigenvalue weighted by Gasteiger charge is 2.15. The van der Waals surface area contributed by atoms with Crippen LogP contribution < -0.4 is 25.4 Å². The zero-order valence-corrected chi connectivity index (χ0v) is 13.4. The van der Waals surface area contributed by atoms with E-state index in [0.29, 0.717) is 18.1 Å². The van der Waals surface area contributed by atoms with Gasteiger partial charge in [-0.05, 0) is 31.5 Å². The predicted molar refractivity (Wildman–Crippen MR) is 89.9 cm³/mol. The average molecular weight is 315 g/mol. The van der Waals surface area contributed by atoms with Crippen LogP contribution in [-0.2, 0) is 6.54 Å². The van der Waals surface area contributed by atoms with Crippen LogP contribution in [0.3, 0.4) is 0 Å². The molecule has 0 saturated carbocycles. The van der Waals surface area contributed by atoms with Crippen LogP contribution in [0.2, 0.25) is 0 Å². The third-order valence-electron chi connectivity index (χ3n) is 3.82. The normalized spacial score (nSPS) is 12.3. The minimum Gasteiger partial charge on any atom is -0.454 e. The maximum absolute atomic E-state index is 6.22. The van der Waals surface area contributed by atoms with E-state index in [2.05, 4.69) is 34.0 Å². The number of anilines is 3. The smallest absolute Gasteiger partial charge is 0.231 e. The molecule has 0 radical (unpaired) electrons. The van der Waals surface area contributed by atoms with E-state index in [0.717, 1.165) is 36.0 Å². The molecule has 3 rings (SSSR count). The molecule has 0 amide bonds. The first-order valence-electron chi connectivity index (χ1n) is 7.70. The summed E-state index contributed by atoms with van der Waals surface area (Å²) < 4.78 is 10.7. The minimum absolute atomic E-state index is 0.276. The summed E-state index contributed by atoms with van der Waals surface area (Å²) in [6, 6.07) is 5.85. The lowest BCUT2D eigenvalue weighted by Crippen LogP contribution is -2.24. The van der Waals surface area contributed by atoms with Crippen LogP contribution in [-0.4, -0.2) is 29.9 Å². The van der Waals surface area contributed by atoms with Gasteiger partial charge in [0.25, 0.3) is 0 Å². The number of ether oxygens (including phenoxy) is 2. The Balaban J connectivity index is 1.74. The van der Waals surface area contributed by atoms with Gasteiger partial charge < -0.3 is 25.4 Å². The van der Waals surface area contributed by atoms with Gasteiger partial charge in [-0.25, -0.2) is 9.97 Å². The number of nitrogens with one attached hydrogen (secondary N) is 1. The van der Waals surface area contributed by atoms with Gasteiger partial charge in [0.15, 0.2) is 23.1 Å². The minimum atomic E-state index is 0.276. The zero-order chi connectivity index (χ0) is 16.2. The fourth-order valence-corrected chi connectivity index (χ4v) is 2.54. The third-order valence-corrected chi connectivity index (χ3v) is 3.82. The first-order valence-corrected chi connectivity index (χ1v) is 7.70. The molecule has 7 nitrogen and oxygen atoms in total. The molecular weight excluding hydrogens is 294 g/mol. The molecular formula is C16H21N5O2. The van der Waals surface area contributed by atoms with Gasteiger partial charge in [-0.3, -0.25) is 0 Å². The Hall–Kier alpha value is -2.70. The highest BCUT2D eigenvalue weighted by atomic mass is 16.7. The van der Waals surface area contributed by atoms with Gasteiger partial charge >= 0.3 is 0 Å². The van der Waals surface area contributed by atoms with Crippen LogP contribution in [0.5, 0.6) is 11.5 Å². The van der Waals surface area contributed by atoms with Crippen molar-refractivity contribution in [3.8, 4) is 11.5 Å². The Kier molecular flexibility index (Phi) is 4.36. The molecule has 2 aromatic rings. The van der Waals surface area contributed by atoms with Gasteiger partial charge in [-0.15, -0.1) is 0 Å². The molecule has 0 saturated heterocycles. The van der Waals surface area contributed by atoms with Gasteiger partial charge in [-0.1, -0.05) is 6.07 Å². The van der Waals surface area contributed by atoms with Crippen molar-refractivity contribution in [2.75, 3.05) is 35.8 Å². The predicted octanol–water partition coefficient (Wildman–Crippen LogP) is 2.25. The van der Waals surface area contributed by atoms with Crippen LogP contribution >= 0.6 is 0 Å². The number of nitrogens with two attached hydrogens (primary N) is 1. The molecule has 1 aliphatic rings. The summed E-state index contributed by atoms with van der Waals surface area (Å²) in [5.41, 5.74) is 7.85. The van der Waals surface area contributed by atoms with Crippen molar-refractivity contribution in [1.29, 1.82) is 0 Å². The van der Waals surface area contributed by atoms with Gasteiger partial charge in [0.1, 0.15) is 12.0 Å². The molecule has 0 spiro atoms. The lowest BCUT2D eigenvalue weighted by atomic mass is 10.2. The summed E-state index contributed by atoms with van der Waals surface area (Å²) in [6.45, 7) is 6.71. The number of rotatable bonds is 6. The van der Waals surface area contributed by atoms with Crippen molar-refractivity contribution in [3.63, 3.8) is 0 Å². The SMILES string of the molecule is CCN(CC)c1ncnc(NCc2ccc3c(c2)OCO3)c1N. The van der Waals surface area contributed by atoms with Crippen molar-refractivity contribution in [1.82, 2.24) is 9.97 Å². The van der Waals surface area contributed by atoms with Crippen molar-refractivity contribution < 1.29 is 9.47 Å². The van der Waals surface area contributed by atoms with E-state index in [4.69, 9.17) is 15.2 Å². The van der Waals surface area contributed by atoms with Crippen molar-refractivity contribution in [2.45, 2.75) is 20.4 Å². The summed E-state index contributed by atoms with van der Waals surface area (Å²) in [4.78, 5) is 10.6. The molecule has 0 aliphatic carbocycles. The average Bonchev–Trinajstić information content (AvgIpc) is 3.04. The Labute approximate surface area is 135 Å². The molecule has 1 aliphatic heterocycles. The fourth-order valence-electron chi connectivity index (χ4n) is 2.54. The third kappa shape index (κ3) is 3.08. The number of aromatic nitrogens is 2. The first kappa shape index (κ1) is 15.2. The molecule has 1 aromatic heterocycles. The van der Waals surface area contributed by atoms with Gasteiger partial charge in [0, 0.05) is 19.6 Å². The largest absolute Gasteiger partial charge is 0.454 e. The zero-order valence-electron chi connectivity index (χ0n) is 13.4. The van der Waals surface area contributed by atoms with Crippen LogP contribution in [0.25, 0.3) is 0 Å². The summed E-state index contributed by atoms with van der Waals surface area (Å²) in [6.07, 6.45) is 1.53. The number of nitrogen functional groups attached to an aromatic ring is 1. The van der Waals surface area contributed by atoms with Crippen molar-refractivity contribution in [2.24, 2.45) is 0 Å². The number of benzene rings is 1. The van der Waals surface area contributed by atoms with Crippen LogP contribution in [0.1, 0.15) is 19.4 Å². The molecule has 23 heavy (non-hydrogen) atoms. The van der Waals surface area contributed by atoms with E-state index in [9.17, 15) is 0 Å². The number of nitrogens with zero attached hydrogens (tertiary/aromatic N) is 3. The topological polar surface area (TPSA) is 85.5 Å². The highest BCUT2D eigenvalue weighted by molar-refractivity contribution is 5.74. The quantitative estimate of drug-likeness (QED) is 0.845. The second-order valence-electron chi connectivity index (χ2n) is 5.17.